The zero-order valence-electron chi connectivity index (χ0n) is 9.66. The van der Waals surface area contributed by atoms with Gasteiger partial charge in [-0.1, -0.05) is 62.6 Å². The number of hydrogen-bond donors (Lipinski definition) is 0. The maximum Gasteiger partial charge on any atom is -0.0102 e. The van der Waals surface area contributed by atoms with Crippen molar-refractivity contribution >= 4 is 11.1 Å². The van der Waals surface area contributed by atoms with E-state index >= 15 is 0 Å². The third-order valence-electron chi connectivity index (χ3n) is 3.00. The van der Waals surface area contributed by atoms with Crippen molar-refractivity contribution in [1.29, 1.82) is 0 Å². The van der Waals surface area contributed by atoms with Gasteiger partial charge in [0.2, 0.25) is 0 Å². The van der Waals surface area contributed by atoms with E-state index in [4.69, 9.17) is 0 Å². The molecule has 0 radical (unpaired) electrons. The van der Waals surface area contributed by atoms with E-state index in [1.165, 1.54) is 27.8 Å². The zero-order valence-corrected chi connectivity index (χ0v) is 9.66. The highest BCUT2D eigenvalue weighted by Crippen LogP contribution is 2.42. The van der Waals surface area contributed by atoms with Crippen molar-refractivity contribution in [3.8, 4) is 0 Å². The second-order valence-electron chi connectivity index (χ2n) is 3.81. The first kappa shape index (κ1) is 10.7. The highest BCUT2D eigenvalue weighted by Gasteiger charge is 2.22. The largest absolute Gasteiger partial charge is 0.0990 e. The minimum Gasteiger partial charge on any atom is -0.0990 e. The third-order valence-corrected chi connectivity index (χ3v) is 3.00. The Balaban J connectivity index is 2.73. The van der Waals surface area contributed by atoms with Gasteiger partial charge in [0, 0.05) is 0 Å². The molecule has 0 unspecified atom stereocenters. The van der Waals surface area contributed by atoms with E-state index in [0.29, 0.717) is 0 Å². The van der Waals surface area contributed by atoms with Crippen molar-refractivity contribution in [2.24, 2.45) is 0 Å². The molecule has 0 nitrogen and oxygen atoms in total. The molecule has 0 saturated heterocycles. The molecule has 0 atom stereocenters. The zero-order chi connectivity index (χ0) is 11.5. The molecule has 0 bridgehead atoms. The first-order valence-corrected chi connectivity index (χ1v) is 5.62. The molecule has 0 heterocycles. The van der Waals surface area contributed by atoms with Gasteiger partial charge in [0.05, 0.1) is 0 Å². The molecule has 1 aromatic rings. The lowest BCUT2D eigenvalue weighted by Gasteiger charge is -2.03. The molecule has 0 heteroatoms. The summed E-state index contributed by atoms with van der Waals surface area (Å²) in [5.74, 6) is 0. The average molecular weight is 208 g/mol. The van der Waals surface area contributed by atoms with Gasteiger partial charge in [-0.15, -0.1) is 0 Å². The van der Waals surface area contributed by atoms with Crippen molar-refractivity contribution in [1.82, 2.24) is 0 Å². The molecule has 16 heavy (non-hydrogen) atoms. The van der Waals surface area contributed by atoms with E-state index in [2.05, 4.69) is 50.4 Å². The van der Waals surface area contributed by atoms with Crippen LogP contribution in [0.5, 0.6) is 0 Å². The molecule has 0 aromatic heterocycles. The highest BCUT2D eigenvalue weighted by molar-refractivity contribution is 6.02. The van der Waals surface area contributed by atoms with Crippen LogP contribution in [0.15, 0.2) is 61.2 Å². The monoisotopic (exact) mass is 208 g/mol. The predicted molar refractivity (Wildman–Crippen MR) is 72.0 cm³/mol. The van der Waals surface area contributed by atoms with Crippen LogP contribution < -0.4 is 0 Å². The fourth-order valence-corrected chi connectivity index (χ4v) is 2.35. The van der Waals surface area contributed by atoms with Crippen molar-refractivity contribution in [2.75, 3.05) is 0 Å². The van der Waals surface area contributed by atoms with Gasteiger partial charge in [-0.2, -0.15) is 0 Å². The van der Waals surface area contributed by atoms with E-state index in [9.17, 15) is 0 Å². The Kier molecular flexibility index (Phi) is 2.91. The molecule has 1 aliphatic carbocycles. The van der Waals surface area contributed by atoms with Gasteiger partial charge in [0.25, 0.3) is 0 Å². The van der Waals surface area contributed by atoms with E-state index in [1.807, 2.05) is 12.2 Å². The minimum absolute atomic E-state index is 1.02. The van der Waals surface area contributed by atoms with E-state index in [0.717, 1.165) is 6.42 Å². The van der Waals surface area contributed by atoms with Gasteiger partial charge in [0.1, 0.15) is 0 Å². The lowest BCUT2D eigenvalue weighted by atomic mass is 10.0. The number of benzene rings is 1. The quantitative estimate of drug-likeness (QED) is 0.680. The Hall–Kier alpha value is -1.82. The molecule has 0 spiro atoms. The van der Waals surface area contributed by atoms with Crippen LogP contribution in [0.2, 0.25) is 0 Å². The van der Waals surface area contributed by atoms with E-state index < -0.39 is 0 Å². The normalized spacial score (nSPS) is 16.4. The molecule has 80 valence electrons. The van der Waals surface area contributed by atoms with Crippen LogP contribution in [0, 0.1) is 0 Å². The fraction of sp³-hybridized carbons (Fsp3) is 0.125. The molecular weight excluding hydrogens is 192 g/mol. The lowest BCUT2D eigenvalue weighted by Crippen LogP contribution is -1.82. The number of fused-ring (bicyclic) bond motifs is 1. The summed E-state index contributed by atoms with van der Waals surface area (Å²) in [6.45, 7) is 9.90. The van der Waals surface area contributed by atoms with Crippen LogP contribution in [-0.4, -0.2) is 0 Å². The van der Waals surface area contributed by atoms with Gasteiger partial charge < -0.3 is 0 Å². The Bertz CT molecular complexity index is 499. The minimum atomic E-state index is 1.02. The maximum absolute atomic E-state index is 3.92. The van der Waals surface area contributed by atoms with Crippen LogP contribution in [0.3, 0.4) is 0 Å². The van der Waals surface area contributed by atoms with Crippen LogP contribution >= 0.6 is 0 Å². The standard InChI is InChI=1S/C16H16/c1-4-9-14-12(5-2)13(6-3)15-10-7-8-11-16(14)15/h4,6-11H,1,3,5H2,2H3/b14-9+. The second kappa shape index (κ2) is 4.36. The summed E-state index contributed by atoms with van der Waals surface area (Å²) in [4.78, 5) is 0. The van der Waals surface area contributed by atoms with Gasteiger partial charge in [0.15, 0.2) is 0 Å². The Morgan fingerprint density at radius 3 is 2.38 bits per heavy atom. The van der Waals surface area contributed by atoms with Gasteiger partial charge >= 0.3 is 0 Å². The van der Waals surface area contributed by atoms with Crippen molar-refractivity contribution in [3.05, 3.63) is 72.4 Å². The third kappa shape index (κ3) is 1.47. The maximum atomic E-state index is 3.92. The number of hydrogen-bond acceptors (Lipinski definition) is 0. The molecule has 0 amide bonds. The SMILES string of the molecule is C=C/C=C1\C(CC)=C(C=C)c2ccccc21. The van der Waals surface area contributed by atoms with Crippen LogP contribution in [0.25, 0.3) is 11.1 Å². The van der Waals surface area contributed by atoms with Crippen LogP contribution in [-0.2, 0) is 0 Å². The first-order chi connectivity index (χ1) is 7.83. The average Bonchev–Trinajstić information content (AvgIpc) is 2.63. The molecule has 2 rings (SSSR count). The fourth-order valence-electron chi connectivity index (χ4n) is 2.35. The van der Waals surface area contributed by atoms with Gasteiger partial charge in [-0.05, 0) is 34.3 Å². The summed E-state index contributed by atoms with van der Waals surface area (Å²) in [5.41, 5.74) is 6.53. The highest BCUT2D eigenvalue weighted by atomic mass is 14.3. The Morgan fingerprint density at radius 2 is 1.81 bits per heavy atom. The molecule has 0 N–H and O–H groups in total. The molecule has 1 aromatic carbocycles. The van der Waals surface area contributed by atoms with Crippen LogP contribution in [0.1, 0.15) is 24.5 Å². The van der Waals surface area contributed by atoms with Crippen LogP contribution in [0.4, 0.5) is 0 Å². The lowest BCUT2D eigenvalue weighted by molar-refractivity contribution is 1.17. The van der Waals surface area contributed by atoms with E-state index in [-0.39, 0.29) is 0 Å². The summed E-state index contributed by atoms with van der Waals surface area (Å²) >= 11 is 0. The van der Waals surface area contributed by atoms with Gasteiger partial charge in [-0.3, -0.25) is 0 Å². The van der Waals surface area contributed by atoms with Crippen molar-refractivity contribution < 1.29 is 0 Å². The Morgan fingerprint density at radius 1 is 1.12 bits per heavy atom. The molecule has 0 aliphatic heterocycles. The topological polar surface area (TPSA) is 0 Å². The Labute approximate surface area is 97.3 Å². The second-order valence-corrected chi connectivity index (χ2v) is 3.81. The van der Waals surface area contributed by atoms with Gasteiger partial charge in [-0.25, -0.2) is 0 Å². The summed E-state index contributed by atoms with van der Waals surface area (Å²) in [7, 11) is 0. The van der Waals surface area contributed by atoms with Crippen molar-refractivity contribution in [2.45, 2.75) is 13.3 Å². The predicted octanol–water partition coefficient (Wildman–Crippen LogP) is 4.62. The number of rotatable bonds is 3. The summed E-state index contributed by atoms with van der Waals surface area (Å²) in [6.07, 6.45) is 6.93. The molecule has 0 saturated carbocycles. The summed E-state index contributed by atoms with van der Waals surface area (Å²) in [6, 6.07) is 8.48. The smallest absolute Gasteiger partial charge is 0.0102 e. The first-order valence-electron chi connectivity index (χ1n) is 5.62. The number of allylic oxidation sites excluding steroid dienone is 6. The molecular formula is C16H16. The van der Waals surface area contributed by atoms with E-state index in [1.54, 1.807) is 0 Å². The van der Waals surface area contributed by atoms with Crippen molar-refractivity contribution in [3.63, 3.8) is 0 Å². The summed E-state index contributed by atoms with van der Waals surface area (Å²) < 4.78 is 0. The summed E-state index contributed by atoms with van der Waals surface area (Å²) in [5, 5.41) is 0. The molecule has 0 fully saturated rings. The molecule has 1 aliphatic rings.